The second-order valence-corrected chi connectivity index (χ2v) is 6.53. The van der Waals surface area contributed by atoms with Gasteiger partial charge in [-0.1, -0.05) is 33.8 Å². The number of hydrogen-bond donors (Lipinski definition) is 2. The number of hydrogen-bond acceptors (Lipinski definition) is 5. The van der Waals surface area contributed by atoms with Crippen molar-refractivity contribution in [2.45, 2.75) is 45.3 Å². The van der Waals surface area contributed by atoms with Crippen LogP contribution in [-0.4, -0.2) is 29.8 Å². The predicted molar refractivity (Wildman–Crippen MR) is 75.2 cm³/mol. The Balaban J connectivity index is 3.24. The van der Waals surface area contributed by atoms with Crippen LogP contribution in [0.4, 0.5) is 0 Å². The number of nitrogens with one attached hydrogen (secondary N) is 1. The molecule has 0 aliphatic heterocycles. The van der Waals surface area contributed by atoms with Crippen LogP contribution < -0.4 is 5.32 Å². The number of ketones is 1. The van der Waals surface area contributed by atoms with Gasteiger partial charge in [0, 0.05) is 24.1 Å². The third-order valence-corrected chi connectivity index (χ3v) is 3.50. The predicted octanol–water partition coefficient (Wildman–Crippen LogP) is 1.67. The van der Waals surface area contributed by atoms with Crippen molar-refractivity contribution >= 4 is 15.9 Å². The fourth-order valence-corrected chi connectivity index (χ4v) is 2.26. The molecule has 0 amide bonds. The molecule has 1 heterocycles. The Morgan fingerprint density at radius 1 is 1.30 bits per heavy atom. The summed E-state index contributed by atoms with van der Waals surface area (Å²) in [6.45, 7) is 7.47. The highest BCUT2D eigenvalue weighted by Crippen LogP contribution is 2.16. The Kier molecular flexibility index (Phi) is 5.38. The lowest BCUT2D eigenvalue weighted by Gasteiger charge is -2.12. The third kappa shape index (κ3) is 4.36. The molecule has 0 saturated carbocycles. The van der Waals surface area contributed by atoms with Crippen LogP contribution in [0.15, 0.2) is 17.2 Å². The molecule has 20 heavy (non-hydrogen) atoms. The maximum atomic E-state index is 11.8. The average Bonchev–Trinajstić information content (AvgIpc) is 2.33. The summed E-state index contributed by atoms with van der Waals surface area (Å²) in [5.74, 6) is -0.561. The summed E-state index contributed by atoms with van der Waals surface area (Å²) in [4.78, 5) is 15.7. The standard InChI is InChI=1S/C13H20N2O4S/c1-8(2)12(16)11-6-5-10(7-14-9(3)4)13(15-11)20(17,18)19/h5-6,8-9,14H,7H2,1-4H3,(H,17,18,19). The number of carbonyl (C=O) groups excluding carboxylic acids is 1. The molecule has 112 valence electrons. The molecule has 1 aromatic rings. The summed E-state index contributed by atoms with van der Waals surface area (Å²) in [7, 11) is -4.47. The van der Waals surface area contributed by atoms with Crippen LogP contribution in [0.3, 0.4) is 0 Å². The van der Waals surface area contributed by atoms with Crippen LogP contribution in [-0.2, 0) is 16.7 Å². The van der Waals surface area contributed by atoms with Gasteiger partial charge in [-0.25, -0.2) is 4.98 Å². The zero-order chi connectivity index (χ0) is 15.5. The van der Waals surface area contributed by atoms with Gasteiger partial charge in [-0.2, -0.15) is 8.42 Å². The second-order valence-electron chi connectivity index (χ2n) is 5.19. The largest absolute Gasteiger partial charge is 0.312 e. The molecular formula is C13H20N2O4S. The van der Waals surface area contributed by atoms with Crippen molar-refractivity contribution < 1.29 is 17.8 Å². The lowest BCUT2D eigenvalue weighted by molar-refractivity contribution is 0.0933. The van der Waals surface area contributed by atoms with E-state index in [2.05, 4.69) is 10.3 Å². The summed E-state index contributed by atoms with van der Waals surface area (Å²) >= 11 is 0. The van der Waals surface area contributed by atoms with E-state index in [0.717, 1.165) is 0 Å². The smallest absolute Gasteiger partial charge is 0.310 e. The first-order valence-corrected chi connectivity index (χ1v) is 7.82. The zero-order valence-corrected chi connectivity index (χ0v) is 12.9. The third-order valence-electron chi connectivity index (χ3n) is 2.66. The van der Waals surface area contributed by atoms with Crippen molar-refractivity contribution in [3.63, 3.8) is 0 Å². The fraction of sp³-hybridized carbons (Fsp3) is 0.538. The molecule has 0 fully saturated rings. The highest BCUT2D eigenvalue weighted by Gasteiger charge is 2.21. The van der Waals surface area contributed by atoms with Gasteiger partial charge in [0.25, 0.3) is 0 Å². The number of aromatic nitrogens is 1. The fourth-order valence-electron chi connectivity index (χ4n) is 1.57. The molecule has 0 aliphatic rings. The van der Waals surface area contributed by atoms with Crippen LogP contribution >= 0.6 is 0 Å². The van der Waals surface area contributed by atoms with Gasteiger partial charge in [-0.3, -0.25) is 9.35 Å². The molecule has 1 rings (SSSR count). The van der Waals surface area contributed by atoms with Gasteiger partial charge in [-0.15, -0.1) is 0 Å². The van der Waals surface area contributed by atoms with Crippen LogP contribution in [0.1, 0.15) is 43.7 Å². The SMILES string of the molecule is CC(C)NCc1ccc(C(=O)C(C)C)nc1S(=O)(=O)O. The minimum Gasteiger partial charge on any atom is -0.310 e. The summed E-state index contributed by atoms with van der Waals surface area (Å²) in [5, 5.41) is 2.58. The van der Waals surface area contributed by atoms with E-state index < -0.39 is 15.1 Å². The van der Waals surface area contributed by atoms with Gasteiger partial charge in [0.2, 0.25) is 0 Å². The van der Waals surface area contributed by atoms with E-state index in [0.29, 0.717) is 5.56 Å². The van der Waals surface area contributed by atoms with Gasteiger partial charge >= 0.3 is 10.1 Å². The summed E-state index contributed by atoms with van der Waals surface area (Å²) in [6.07, 6.45) is 0. The zero-order valence-electron chi connectivity index (χ0n) is 12.0. The van der Waals surface area contributed by atoms with Crippen molar-refractivity contribution in [2.75, 3.05) is 0 Å². The number of carbonyl (C=O) groups is 1. The molecule has 0 aliphatic carbocycles. The van der Waals surface area contributed by atoms with Crippen molar-refractivity contribution in [3.8, 4) is 0 Å². The van der Waals surface area contributed by atoms with Crippen LogP contribution in [0.5, 0.6) is 0 Å². The average molecular weight is 300 g/mol. The topological polar surface area (TPSA) is 96.4 Å². The van der Waals surface area contributed by atoms with E-state index in [-0.39, 0.29) is 30.0 Å². The Labute approximate surface area is 119 Å². The monoisotopic (exact) mass is 300 g/mol. The molecule has 0 radical (unpaired) electrons. The quantitative estimate of drug-likeness (QED) is 0.612. The van der Waals surface area contributed by atoms with E-state index in [1.807, 2.05) is 13.8 Å². The van der Waals surface area contributed by atoms with E-state index in [9.17, 15) is 17.8 Å². The van der Waals surface area contributed by atoms with Gasteiger partial charge in [0.15, 0.2) is 10.8 Å². The van der Waals surface area contributed by atoms with Gasteiger partial charge in [0.1, 0.15) is 5.69 Å². The molecule has 0 aromatic carbocycles. The van der Waals surface area contributed by atoms with Crippen LogP contribution in [0, 0.1) is 5.92 Å². The minimum atomic E-state index is -4.47. The van der Waals surface area contributed by atoms with E-state index in [1.54, 1.807) is 13.8 Å². The second kappa shape index (κ2) is 6.43. The lowest BCUT2D eigenvalue weighted by Crippen LogP contribution is -2.24. The molecule has 7 heteroatoms. The number of pyridine rings is 1. The lowest BCUT2D eigenvalue weighted by atomic mass is 10.1. The first-order valence-electron chi connectivity index (χ1n) is 6.38. The van der Waals surface area contributed by atoms with Crippen molar-refractivity contribution in [3.05, 3.63) is 23.4 Å². The Morgan fingerprint density at radius 2 is 1.90 bits per heavy atom. The number of nitrogens with zero attached hydrogens (tertiary/aromatic N) is 1. The molecule has 0 atom stereocenters. The molecule has 1 aromatic heterocycles. The highest BCUT2D eigenvalue weighted by molar-refractivity contribution is 7.85. The summed E-state index contributed by atoms with van der Waals surface area (Å²) < 4.78 is 32.0. The minimum absolute atomic E-state index is 0.0425. The molecule has 0 unspecified atom stereocenters. The molecule has 0 saturated heterocycles. The Morgan fingerprint density at radius 3 is 2.35 bits per heavy atom. The van der Waals surface area contributed by atoms with E-state index in [1.165, 1.54) is 12.1 Å². The van der Waals surface area contributed by atoms with E-state index in [4.69, 9.17) is 0 Å². The van der Waals surface area contributed by atoms with Crippen LogP contribution in [0.2, 0.25) is 0 Å². The molecule has 6 nitrogen and oxygen atoms in total. The first-order chi connectivity index (χ1) is 9.12. The normalized spacial score (nSPS) is 12.2. The Bertz CT molecular complexity index is 594. The highest BCUT2D eigenvalue weighted by atomic mass is 32.2. The summed E-state index contributed by atoms with van der Waals surface area (Å²) in [5.41, 5.74) is 0.377. The molecular weight excluding hydrogens is 280 g/mol. The van der Waals surface area contributed by atoms with Crippen molar-refractivity contribution in [1.29, 1.82) is 0 Å². The van der Waals surface area contributed by atoms with Crippen molar-refractivity contribution in [2.24, 2.45) is 5.92 Å². The number of rotatable bonds is 6. The maximum absolute atomic E-state index is 11.8. The molecule has 0 spiro atoms. The van der Waals surface area contributed by atoms with Crippen LogP contribution in [0.25, 0.3) is 0 Å². The van der Waals surface area contributed by atoms with Gasteiger partial charge in [-0.05, 0) is 6.07 Å². The number of Topliss-reactive ketones (excluding diaryl/α,β-unsaturated/α-hetero) is 1. The van der Waals surface area contributed by atoms with E-state index >= 15 is 0 Å². The Hall–Kier alpha value is -1.31. The molecule has 2 N–H and O–H groups in total. The van der Waals surface area contributed by atoms with Gasteiger partial charge in [0.05, 0.1) is 0 Å². The first kappa shape index (κ1) is 16.7. The maximum Gasteiger partial charge on any atom is 0.312 e. The van der Waals surface area contributed by atoms with Gasteiger partial charge < -0.3 is 5.32 Å². The van der Waals surface area contributed by atoms with Crippen molar-refractivity contribution in [1.82, 2.24) is 10.3 Å². The molecule has 0 bridgehead atoms. The summed E-state index contributed by atoms with van der Waals surface area (Å²) in [6, 6.07) is 3.14.